The van der Waals surface area contributed by atoms with Crippen molar-refractivity contribution in [1.82, 2.24) is 9.29 Å². The van der Waals surface area contributed by atoms with Crippen LogP contribution < -0.4 is 4.72 Å². The molecule has 0 amide bonds. The van der Waals surface area contributed by atoms with Crippen molar-refractivity contribution in [1.29, 1.82) is 0 Å². The average Bonchev–Trinajstić information content (AvgIpc) is 3.24. The van der Waals surface area contributed by atoms with Crippen molar-refractivity contribution in [2.45, 2.75) is 35.6 Å². The zero-order chi connectivity index (χ0) is 14.9. The van der Waals surface area contributed by atoms with Crippen molar-refractivity contribution in [3.63, 3.8) is 0 Å². The van der Waals surface area contributed by atoms with Gasteiger partial charge in [-0.05, 0) is 18.9 Å². The summed E-state index contributed by atoms with van der Waals surface area (Å²) in [5.74, 6) is 3.24. The van der Waals surface area contributed by atoms with Crippen LogP contribution in [0.15, 0.2) is 17.2 Å². The van der Waals surface area contributed by atoms with Crippen LogP contribution in [0.2, 0.25) is 0 Å². The zero-order valence-electron chi connectivity index (χ0n) is 11.7. The second-order valence-electron chi connectivity index (χ2n) is 5.38. The number of aliphatic hydroxyl groups excluding tert-OH is 1. The maximum Gasteiger partial charge on any atom is 0.242 e. The van der Waals surface area contributed by atoms with Crippen LogP contribution >= 0.6 is 23.5 Å². The first-order valence-corrected chi connectivity index (χ1v) is 10.8. The summed E-state index contributed by atoms with van der Waals surface area (Å²) in [5, 5.41) is 9.71. The molecule has 1 aliphatic carbocycles. The van der Waals surface area contributed by atoms with Gasteiger partial charge in [-0.1, -0.05) is 0 Å². The molecule has 1 atom stereocenters. The van der Waals surface area contributed by atoms with Crippen molar-refractivity contribution in [2.24, 2.45) is 0 Å². The monoisotopic (exact) mass is 348 g/mol. The van der Waals surface area contributed by atoms with Gasteiger partial charge in [0.25, 0.3) is 0 Å². The van der Waals surface area contributed by atoms with E-state index in [9.17, 15) is 13.5 Å². The quantitative estimate of drug-likeness (QED) is 0.814. The molecule has 5 nitrogen and oxygen atoms in total. The highest BCUT2D eigenvalue weighted by Gasteiger charge is 2.28. The van der Waals surface area contributed by atoms with E-state index in [1.807, 2.05) is 28.1 Å². The topological polar surface area (TPSA) is 71.3 Å². The maximum absolute atomic E-state index is 12.4. The van der Waals surface area contributed by atoms with Crippen LogP contribution in [-0.2, 0) is 16.6 Å². The van der Waals surface area contributed by atoms with E-state index < -0.39 is 10.0 Å². The summed E-state index contributed by atoms with van der Waals surface area (Å²) < 4.78 is 29.4. The fourth-order valence-corrected chi connectivity index (χ4v) is 6.25. The molecule has 1 aliphatic heterocycles. The van der Waals surface area contributed by atoms with Crippen LogP contribution in [0.25, 0.3) is 0 Å². The first-order valence-electron chi connectivity index (χ1n) is 7.11. The molecule has 0 radical (unpaired) electrons. The first-order chi connectivity index (χ1) is 10.1. The predicted molar refractivity (Wildman–Crippen MR) is 87.4 cm³/mol. The normalized spacial score (nSPS) is 23.4. The van der Waals surface area contributed by atoms with Gasteiger partial charge < -0.3 is 9.67 Å². The molecule has 0 spiro atoms. The van der Waals surface area contributed by atoms with E-state index in [1.165, 1.54) is 0 Å². The molecule has 21 heavy (non-hydrogen) atoms. The van der Waals surface area contributed by atoms with E-state index >= 15 is 0 Å². The Morgan fingerprint density at radius 2 is 2.19 bits per heavy atom. The fourth-order valence-electron chi connectivity index (χ4n) is 2.40. The summed E-state index contributed by atoms with van der Waals surface area (Å²) in [4.78, 5) is 0.270. The van der Waals surface area contributed by atoms with E-state index in [-0.39, 0.29) is 11.5 Å². The minimum absolute atomic E-state index is 0.124. The van der Waals surface area contributed by atoms with Gasteiger partial charge in [-0.3, -0.25) is 0 Å². The molecule has 118 valence electrons. The Balaban J connectivity index is 1.68. The molecule has 1 unspecified atom stereocenters. The number of nitrogens with zero attached hydrogens (tertiary/aromatic N) is 1. The number of aliphatic hydroxyl groups is 1. The van der Waals surface area contributed by atoms with E-state index in [2.05, 4.69) is 4.72 Å². The molecule has 1 saturated heterocycles. The number of thioether (sulfide) groups is 2. The maximum atomic E-state index is 12.4. The van der Waals surface area contributed by atoms with E-state index in [4.69, 9.17) is 0 Å². The van der Waals surface area contributed by atoms with Crippen molar-refractivity contribution in [3.05, 3.63) is 18.0 Å². The molecular weight excluding hydrogens is 328 g/mol. The van der Waals surface area contributed by atoms with Crippen molar-refractivity contribution < 1.29 is 13.5 Å². The minimum atomic E-state index is -3.48. The summed E-state index contributed by atoms with van der Waals surface area (Å²) in [5.41, 5.74) is 0.681. The number of rotatable bonds is 6. The third-order valence-electron chi connectivity index (χ3n) is 3.71. The van der Waals surface area contributed by atoms with E-state index in [0.717, 1.165) is 30.1 Å². The molecule has 0 bridgehead atoms. The largest absolute Gasteiger partial charge is 0.390 e. The molecule has 1 aromatic rings. The summed E-state index contributed by atoms with van der Waals surface area (Å²) in [6, 6.07) is 1.95. The van der Waals surface area contributed by atoms with Gasteiger partial charge in [-0.15, -0.1) is 0 Å². The average molecular weight is 349 g/mol. The highest BCUT2D eigenvalue weighted by Crippen LogP contribution is 2.37. The smallest absolute Gasteiger partial charge is 0.242 e. The Morgan fingerprint density at radius 1 is 1.38 bits per heavy atom. The second-order valence-corrected chi connectivity index (χ2v) is 9.71. The molecule has 2 heterocycles. The molecule has 2 N–H and O–H groups in total. The Morgan fingerprint density at radius 3 is 2.81 bits per heavy atom. The second kappa shape index (κ2) is 6.54. The molecule has 2 fully saturated rings. The van der Waals surface area contributed by atoms with Crippen LogP contribution in [0.3, 0.4) is 0 Å². The van der Waals surface area contributed by atoms with Gasteiger partial charge >= 0.3 is 0 Å². The van der Waals surface area contributed by atoms with Gasteiger partial charge in [0, 0.05) is 47.0 Å². The van der Waals surface area contributed by atoms with Crippen molar-refractivity contribution in [2.75, 3.05) is 23.8 Å². The highest BCUT2D eigenvalue weighted by atomic mass is 32.2. The fraction of sp³-hybridized carbons (Fsp3) is 0.692. The van der Waals surface area contributed by atoms with Gasteiger partial charge in [-0.2, -0.15) is 23.5 Å². The standard InChI is InChI=1S/C13H20N2O3S3/c16-8-11-5-13(7-15(11)10-1-2-10)21(17,18)14-6-12-9-19-3-4-20-12/h5,7,10,12,14,16H,1-4,6,8-9H2. The molecular formula is C13H20N2O3S3. The molecule has 2 aliphatic rings. The van der Waals surface area contributed by atoms with Crippen LogP contribution in [-0.4, -0.2) is 47.1 Å². The number of nitrogens with one attached hydrogen (secondary N) is 1. The van der Waals surface area contributed by atoms with Gasteiger partial charge in [0.2, 0.25) is 10.0 Å². The number of hydrogen-bond acceptors (Lipinski definition) is 5. The highest BCUT2D eigenvalue weighted by molar-refractivity contribution is 8.06. The Hall–Kier alpha value is -0.150. The lowest BCUT2D eigenvalue weighted by Gasteiger charge is -2.20. The van der Waals surface area contributed by atoms with E-state index in [0.29, 0.717) is 23.5 Å². The summed E-state index contributed by atoms with van der Waals surface area (Å²) in [7, 11) is -3.48. The van der Waals surface area contributed by atoms with Crippen LogP contribution in [0, 0.1) is 0 Å². The Labute approximate surface area is 133 Å². The van der Waals surface area contributed by atoms with Gasteiger partial charge in [-0.25, -0.2) is 13.1 Å². The number of hydrogen-bond donors (Lipinski definition) is 2. The van der Waals surface area contributed by atoms with Crippen molar-refractivity contribution >= 4 is 33.5 Å². The van der Waals surface area contributed by atoms with Crippen molar-refractivity contribution in [3.8, 4) is 0 Å². The predicted octanol–water partition coefficient (Wildman–Crippen LogP) is 1.44. The molecule has 1 aromatic heterocycles. The summed E-state index contributed by atoms with van der Waals surface area (Å²) in [6.45, 7) is 0.351. The minimum Gasteiger partial charge on any atom is -0.390 e. The van der Waals surface area contributed by atoms with Gasteiger partial charge in [0.05, 0.1) is 11.5 Å². The summed E-state index contributed by atoms with van der Waals surface area (Å²) in [6.07, 6.45) is 3.78. The zero-order valence-corrected chi connectivity index (χ0v) is 14.1. The third kappa shape index (κ3) is 3.79. The van der Waals surface area contributed by atoms with Crippen LogP contribution in [0.5, 0.6) is 0 Å². The van der Waals surface area contributed by atoms with Gasteiger partial charge in [0.1, 0.15) is 0 Å². The van der Waals surface area contributed by atoms with Gasteiger partial charge in [0.15, 0.2) is 0 Å². The van der Waals surface area contributed by atoms with E-state index in [1.54, 1.807) is 12.3 Å². The van der Waals surface area contributed by atoms with Crippen LogP contribution in [0.1, 0.15) is 24.6 Å². The van der Waals surface area contributed by atoms with Crippen LogP contribution in [0.4, 0.5) is 0 Å². The molecule has 8 heteroatoms. The summed E-state index contributed by atoms with van der Waals surface area (Å²) >= 11 is 3.71. The lowest BCUT2D eigenvalue weighted by atomic mass is 10.4. The Bertz CT molecular complexity index is 590. The Kier molecular flexibility index (Phi) is 4.90. The SMILES string of the molecule is O=S(=O)(NCC1CSCCS1)c1cc(CO)n(C2CC2)c1. The lowest BCUT2D eigenvalue weighted by Crippen LogP contribution is -2.33. The first kappa shape index (κ1) is 15.7. The molecule has 1 saturated carbocycles. The number of aromatic nitrogens is 1. The molecule has 0 aromatic carbocycles. The molecule has 3 rings (SSSR count). The number of sulfonamides is 1. The third-order valence-corrected chi connectivity index (χ3v) is 7.94. The lowest BCUT2D eigenvalue weighted by molar-refractivity contribution is 0.270.